The summed E-state index contributed by atoms with van der Waals surface area (Å²) >= 11 is 12.3. The number of thiophene rings is 6. The molecule has 82 heavy (non-hydrogen) atoms. The Morgan fingerprint density at radius 1 is 0.220 bits per heavy atom. The third-order valence-electron chi connectivity index (χ3n) is 18.0. The van der Waals surface area contributed by atoms with Crippen LogP contribution in [-0.4, -0.2) is 0 Å². The molecule has 6 heteroatoms. The Morgan fingerprint density at radius 2 is 0.451 bits per heavy atom. The lowest BCUT2D eigenvalue weighted by Crippen LogP contribution is -1.94. The van der Waals surface area contributed by atoms with Crippen LogP contribution in [0, 0.1) is 0 Å². The summed E-state index contributed by atoms with van der Waals surface area (Å²) in [6, 6.07) is 25.5. The third kappa shape index (κ3) is 20.9. The molecule has 450 valence electrons. The first kappa shape index (κ1) is 65.7. The summed E-state index contributed by atoms with van der Waals surface area (Å²) in [5, 5.41) is 0. The molecule has 0 unspecified atom stereocenters. The smallest absolute Gasteiger partial charge is 0.0636 e. The zero-order valence-corrected chi connectivity index (χ0v) is 57.2. The molecule has 0 saturated carbocycles. The fraction of sp³-hybridized carbons (Fsp3) is 0.632. The van der Waals surface area contributed by atoms with E-state index in [1.807, 2.05) is 22.7 Å². The van der Waals surface area contributed by atoms with Gasteiger partial charge in [0, 0.05) is 38.3 Å². The summed E-state index contributed by atoms with van der Waals surface area (Å²) in [4.78, 5) is 5.90. The van der Waals surface area contributed by atoms with Gasteiger partial charge in [-0.2, -0.15) is 0 Å². The normalized spacial score (nSPS) is 12.1. The van der Waals surface area contributed by atoms with Gasteiger partial charge in [-0.1, -0.05) is 295 Å². The summed E-state index contributed by atoms with van der Waals surface area (Å²) in [5.41, 5.74) is 9.31. The molecule has 0 aliphatic rings. The predicted octanol–water partition coefficient (Wildman–Crippen LogP) is 29.5. The third-order valence-corrected chi connectivity index (χ3v) is 25.8. The molecule has 0 bridgehead atoms. The highest BCUT2D eigenvalue weighted by Crippen LogP contribution is 2.53. The number of hydrogen-bond donors (Lipinski definition) is 0. The minimum atomic E-state index is 1.20. The van der Waals surface area contributed by atoms with Crippen LogP contribution in [-0.2, 0) is 25.7 Å². The fourth-order valence-electron chi connectivity index (χ4n) is 12.9. The molecular formula is C76H110S6. The molecule has 8 aromatic rings. The summed E-state index contributed by atoms with van der Waals surface area (Å²) < 4.78 is 12.0. The van der Waals surface area contributed by atoms with Crippen LogP contribution in [0.2, 0.25) is 0 Å². The van der Waals surface area contributed by atoms with E-state index >= 15 is 0 Å². The largest absolute Gasteiger partial charge is 0.133 e. The molecule has 0 aliphatic heterocycles. The van der Waals surface area contributed by atoms with Crippen molar-refractivity contribution in [1.29, 1.82) is 0 Å². The lowest BCUT2D eigenvalue weighted by atomic mass is 9.95. The van der Waals surface area contributed by atoms with Gasteiger partial charge < -0.3 is 0 Å². The van der Waals surface area contributed by atoms with E-state index in [4.69, 9.17) is 0 Å². The van der Waals surface area contributed by atoms with Gasteiger partial charge in [0.25, 0.3) is 0 Å². The highest BCUT2D eigenvalue weighted by atomic mass is 32.1. The highest BCUT2D eigenvalue weighted by molar-refractivity contribution is 7.42. The zero-order chi connectivity index (χ0) is 56.8. The molecule has 0 fully saturated rings. The van der Waals surface area contributed by atoms with Crippen molar-refractivity contribution >= 4 is 106 Å². The van der Waals surface area contributed by atoms with Crippen molar-refractivity contribution in [2.75, 3.05) is 0 Å². The highest BCUT2D eigenvalue weighted by Gasteiger charge is 2.21. The van der Waals surface area contributed by atoms with Crippen molar-refractivity contribution in [3.63, 3.8) is 0 Å². The first-order valence-corrected chi connectivity index (χ1v) is 39.6. The summed E-state index contributed by atoms with van der Waals surface area (Å²) in [7, 11) is 0. The second kappa shape index (κ2) is 38.1. The van der Waals surface area contributed by atoms with Crippen LogP contribution in [0.1, 0.15) is 307 Å². The number of fused-ring (bicyclic) bond motifs is 6. The number of aryl methyl sites for hydroxylation is 4. The summed E-state index contributed by atoms with van der Waals surface area (Å²) in [6.07, 6.45) is 60.7. The molecule has 0 spiro atoms. The van der Waals surface area contributed by atoms with Crippen LogP contribution in [0.4, 0.5) is 0 Å². The Bertz CT molecular complexity index is 2770. The van der Waals surface area contributed by atoms with Crippen molar-refractivity contribution in [2.45, 2.75) is 310 Å². The minimum Gasteiger partial charge on any atom is -0.133 e. The number of rotatable bonds is 47. The van der Waals surface area contributed by atoms with E-state index in [9.17, 15) is 0 Å². The minimum absolute atomic E-state index is 1.20. The Morgan fingerprint density at radius 3 is 0.732 bits per heavy atom. The number of unbranched alkanes of at least 4 members (excludes halogenated alkanes) is 36. The number of hydrogen-bond acceptors (Lipinski definition) is 6. The second-order valence-electron chi connectivity index (χ2n) is 25.1. The van der Waals surface area contributed by atoms with Gasteiger partial charge in [0.15, 0.2) is 0 Å². The van der Waals surface area contributed by atoms with Crippen molar-refractivity contribution in [3.05, 3.63) is 82.9 Å². The Labute approximate surface area is 525 Å². The lowest BCUT2D eigenvalue weighted by molar-refractivity contribution is 0.556. The number of benzene rings is 2. The molecule has 6 aromatic heterocycles. The molecule has 0 saturated heterocycles. The fourth-order valence-corrected chi connectivity index (χ4v) is 21.1. The van der Waals surface area contributed by atoms with E-state index < -0.39 is 0 Å². The van der Waals surface area contributed by atoms with Gasteiger partial charge in [0.2, 0.25) is 0 Å². The lowest BCUT2D eigenvalue weighted by Gasteiger charge is -2.12. The zero-order valence-electron chi connectivity index (χ0n) is 52.3. The van der Waals surface area contributed by atoms with Crippen LogP contribution in [0.15, 0.2) is 60.7 Å². The molecule has 8 rings (SSSR count). The van der Waals surface area contributed by atoms with Gasteiger partial charge in [-0.3, -0.25) is 0 Å². The van der Waals surface area contributed by atoms with Gasteiger partial charge >= 0.3 is 0 Å². The van der Waals surface area contributed by atoms with Crippen molar-refractivity contribution < 1.29 is 0 Å². The van der Waals surface area contributed by atoms with Crippen molar-refractivity contribution in [3.8, 4) is 30.6 Å². The molecule has 6 heterocycles. The van der Waals surface area contributed by atoms with Crippen LogP contribution in [0.25, 0.3) is 68.2 Å². The van der Waals surface area contributed by atoms with Gasteiger partial charge in [-0.05, 0) is 109 Å². The van der Waals surface area contributed by atoms with E-state index in [2.05, 4.69) is 134 Å². The van der Waals surface area contributed by atoms with Gasteiger partial charge in [0.05, 0.1) is 18.8 Å². The van der Waals surface area contributed by atoms with Crippen LogP contribution in [0.5, 0.6) is 0 Å². The predicted molar refractivity (Wildman–Crippen MR) is 382 cm³/mol. The van der Waals surface area contributed by atoms with E-state index in [-0.39, 0.29) is 0 Å². The molecule has 0 amide bonds. The monoisotopic (exact) mass is 1210 g/mol. The van der Waals surface area contributed by atoms with Crippen molar-refractivity contribution in [1.82, 2.24) is 0 Å². The Kier molecular flexibility index (Phi) is 30.5. The molecule has 0 N–H and O–H groups in total. The topological polar surface area (TPSA) is 0 Å². The molecule has 0 aliphatic carbocycles. The maximum Gasteiger partial charge on any atom is 0.0636 e. The SMILES string of the molecule is CCCCCCCCCCCCc1ccc(CCCCCCCCCCCC)c(-c2cc3sc4cc(-c5cc6sc7cc(-c8cc(CCCCCCCCCCCC)ccc8CCCCCCCCCCCC)sc7c6s5)sc4c3s2)c1. The van der Waals surface area contributed by atoms with Gasteiger partial charge in [-0.15, -0.1) is 68.0 Å². The summed E-state index contributed by atoms with van der Waals surface area (Å²) in [5.74, 6) is 0. The Balaban J connectivity index is 0.940. The first-order chi connectivity index (χ1) is 40.6. The van der Waals surface area contributed by atoms with E-state index in [0.29, 0.717) is 0 Å². The second-order valence-corrected chi connectivity index (χ2v) is 31.5. The van der Waals surface area contributed by atoms with E-state index in [1.165, 1.54) is 351 Å². The van der Waals surface area contributed by atoms with Crippen molar-refractivity contribution in [2.24, 2.45) is 0 Å². The molecule has 0 atom stereocenters. The van der Waals surface area contributed by atoms with Gasteiger partial charge in [0.1, 0.15) is 0 Å². The quantitative estimate of drug-likeness (QED) is 0.0334. The molecule has 0 radical (unpaired) electrons. The molecule has 0 nitrogen and oxygen atoms in total. The maximum absolute atomic E-state index is 2.62. The maximum atomic E-state index is 2.62. The molecular weight excluding hydrogens is 1110 g/mol. The Hall–Kier alpha value is -2.32. The van der Waals surface area contributed by atoms with E-state index in [1.54, 1.807) is 22.3 Å². The van der Waals surface area contributed by atoms with Gasteiger partial charge in [-0.25, -0.2) is 0 Å². The average molecular weight is 1220 g/mol. The van der Waals surface area contributed by atoms with E-state index in [0.717, 1.165) is 0 Å². The molecule has 2 aromatic carbocycles. The van der Waals surface area contributed by atoms with Crippen LogP contribution < -0.4 is 0 Å². The van der Waals surface area contributed by atoms with Crippen LogP contribution >= 0.6 is 68.0 Å². The standard InChI is InChI=1S/C76H110S6/c1-5-9-13-17-21-25-29-33-37-41-45-59-49-51-61(47-43-39-35-31-27-23-19-15-11-7-3)63(53-59)65-55-69-73(79-65)75-71(77-69)57-67(81-75)68-58-72-76(82-68)74-70(78-72)56-66(80-74)64-54-60(46-42-38-34-30-26-22-18-14-10-6-2)50-52-62(64)48-44-40-36-32-28-24-20-16-12-8-4/h49-58H,5-48H2,1-4H3. The first-order valence-electron chi connectivity index (χ1n) is 34.7. The van der Waals surface area contributed by atoms with Crippen LogP contribution in [0.3, 0.4) is 0 Å². The average Bonchev–Trinajstić information content (AvgIpc) is 3.27. The summed E-state index contributed by atoms with van der Waals surface area (Å²) in [6.45, 7) is 9.29.